The molecule has 0 bridgehead atoms. The molecule has 8 heteroatoms. The number of hydrogen-bond acceptors (Lipinski definition) is 5. The van der Waals surface area contributed by atoms with Crippen LogP contribution in [0.5, 0.6) is 0 Å². The van der Waals surface area contributed by atoms with Crippen LogP contribution in [-0.2, 0) is 14.8 Å². The van der Waals surface area contributed by atoms with Crippen molar-refractivity contribution < 1.29 is 22.8 Å². The molecule has 2 heterocycles. The van der Waals surface area contributed by atoms with Gasteiger partial charge in [-0.3, -0.25) is 9.10 Å². The van der Waals surface area contributed by atoms with Gasteiger partial charge in [-0.15, -0.1) is 0 Å². The van der Waals surface area contributed by atoms with Gasteiger partial charge in [0.1, 0.15) is 5.69 Å². The molecule has 24 heavy (non-hydrogen) atoms. The molecule has 0 saturated heterocycles. The molecular weight excluding hydrogens is 332 g/mol. The van der Waals surface area contributed by atoms with Crippen LogP contribution in [0.3, 0.4) is 0 Å². The van der Waals surface area contributed by atoms with Crippen molar-refractivity contribution in [2.75, 3.05) is 4.31 Å². The average Bonchev–Trinajstić information content (AvgIpc) is 2.85. The molecule has 0 aliphatic carbocycles. The molecular formula is C16H18N2O5S. The lowest BCUT2D eigenvalue weighted by molar-refractivity contribution is -0.139. The van der Waals surface area contributed by atoms with E-state index in [1.807, 2.05) is 0 Å². The SMILES string of the molecule is Cc1noc(C)c1S(=O)(=O)N1c2ccccc2C(C(=O)O)CC1C. The van der Waals surface area contributed by atoms with Crippen molar-refractivity contribution in [3.8, 4) is 0 Å². The number of nitrogens with zero attached hydrogens (tertiary/aromatic N) is 2. The predicted octanol–water partition coefficient (Wildman–Crippen LogP) is 2.45. The van der Waals surface area contributed by atoms with E-state index >= 15 is 0 Å². The lowest BCUT2D eigenvalue weighted by Crippen LogP contribution is -2.44. The van der Waals surface area contributed by atoms with Crippen LogP contribution in [0, 0.1) is 13.8 Å². The Morgan fingerprint density at radius 1 is 1.33 bits per heavy atom. The molecule has 128 valence electrons. The van der Waals surface area contributed by atoms with E-state index in [2.05, 4.69) is 5.16 Å². The second kappa shape index (κ2) is 5.62. The molecule has 1 aromatic heterocycles. The summed E-state index contributed by atoms with van der Waals surface area (Å²) >= 11 is 0. The van der Waals surface area contributed by atoms with Crippen molar-refractivity contribution in [1.82, 2.24) is 5.16 Å². The lowest BCUT2D eigenvalue weighted by Gasteiger charge is -2.38. The van der Waals surface area contributed by atoms with Crippen molar-refractivity contribution in [2.24, 2.45) is 0 Å². The van der Waals surface area contributed by atoms with Crippen molar-refractivity contribution in [1.29, 1.82) is 0 Å². The maximum absolute atomic E-state index is 13.2. The van der Waals surface area contributed by atoms with E-state index in [9.17, 15) is 18.3 Å². The third kappa shape index (κ3) is 2.37. The van der Waals surface area contributed by atoms with E-state index < -0.39 is 28.0 Å². The average molecular weight is 350 g/mol. The maximum atomic E-state index is 13.2. The Balaban J connectivity index is 2.21. The summed E-state index contributed by atoms with van der Waals surface area (Å²) < 4.78 is 32.7. The first-order valence-corrected chi connectivity index (χ1v) is 8.98. The number of benzene rings is 1. The highest BCUT2D eigenvalue weighted by Crippen LogP contribution is 2.42. The zero-order valence-corrected chi connectivity index (χ0v) is 14.4. The van der Waals surface area contributed by atoms with Crippen molar-refractivity contribution in [3.05, 3.63) is 41.3 Å². The van der Waals surface area contributed by atoms with Crippen LogP contribution in [0.25, 0.3) is 0 Å². The van der Waals surface area contributed by atoms with Crippen LogP contribution in [-0.4, -0.2) is 30.7 Å². The summed E-state index contributed by atoms with van der Waals surface area (Å²) in [5.41, 5.74) is 1.18. The molecule has 2 unspecified atom stereocenters. The summed E-state index contributed by atoms with van der Waals surface area (Å²) in [4.78, 5) is 11.6. The van der Waals surface area contributed by atoms with Crippen LogP contribution >= 0.6 is 0 Å². The summed E-state index contributed by atoms with van der Waals surface area (Å²) in [7, 11) is -3.91. The van der Waals surface area contributed by atoms with E-state index in [-0.39, 0.29) is 22.8 Å². The van der Waals surface area contributed by atoms with Gasteiger partial charge < -0.3 is 9.63 Å². The van der Waals surface area contributed by atoms with Gasteiger partial charge in [0.15, 0.2) is 10.7 Å². The second-order valence-electron chi connectivity index (χ2n) is 5.99. The molecule has 1 N–H and O–H groups in total. The van der Waals surface area contributed by atoms with Gasteiger partial charge in [-0.25, -0.2) is 8.42 Å². The van der Waals surface area contributed by atoms with Crippen LogP contribution in [0.1, 0.15) is 36.3 Å². The Labute approximate surface area is 139 Å². The van der Waals surface area contributed by atoms with Gasteiger partial charge in [0.25, 0.3) is 10.0 Å². The Morgan fingerprint density at radius 3 is 2.58 bits per heavy atom. The molecule has 0 radical (unpaired) electrons. The Hall–Kier alpha value is -2.35. The fourth-order valence-electron chi connectivity index (χ4n) is 3.33. The standard InChI is InChI=1S/C16H18N2O5S/c1-9-8-13(16(19)20)12-6-4-5-7-14(12)18(9)24(21,22)15-10(2)17-23-11(15)3/h4-7,9,13H,8H2,1-3H3,(H,19,20). The van der Waals surface area contributed by atoms with Gasteiger partial charge >= 0.3 is 5.97 Å². The molecule has 0 spiro atoms. The number of aromatic nitrogens is 1. The number of para-hydroxylation sites is 1. The van der Waals surface area contributed by atoms with Crippen molar-refractivity contribution in [2.45, 2.75) is 44.0 Å². The minimum atomic E-state index is -3.91. The molecule has 1 aromatic carbocycles. The van der Waals surface area contributed by atoms with Crippen LogP contribution in [0.4, 0.5) is 5.69 Å². The molecule has 1 aliphatic rings. The summed E-state index contributed by atoms with van der Waals surface area (Å²) in [6.07, 6.45) is 0.203. The number of anilines is 1. The van der Waals surface area contributed by atoms with E-state index in [0.717, 1.165) is 0 Å². The van der Waals surface area contributed by atoms with E-state index in [1.54, 1.807) is 45.0 Å². The summed E-state index contributed by atoms with van der Waals surface area (Å²) in [6.45, 7) is 4.83. The van der Waals surface area contributed by atoms with Gasteiger partial charge in [0.05, 0.1) is 11.6 Å². The number of aryl methyl sites for hydroxylation is 2. The van der Waals surface area contributed by atoms with E-state index in [1.165, 1.54) is 4.31 Å². The monoisotopic (exact) mass is 350 g/mol. The number of aliphatic carboxylic acids is 1. The minimum Gasteiger partial charge on any atom is -0.481 e. The van der Waals surface area contributed by atoms with Gasteiger partial charge in [0.2, 0.25) is 0 Å². The Morgan fingerprint density at radius 2 is 2.00 bits per heavy atom. The quantitative estimate of drug-likeness (QED) is 0.912. The number of sulfonamides is 1. The first kappa shape index (κ1) is 16.5. The topological polar surface area (TPSA) is 101 Å². The molecule has 0 saturated carbocycles. The highest BCUT2D eigenvalue weighted by Gasteiger charge is 2.42. The van der Waals surface area contributed by atoms with E-state index in [0.29, 0.717) is 11.3 Å². The molecule has 7 nitrogen and oxygen atoms in total. The number of hydrogen-bond donors (Lipinski definition) is 1. The number of fused-ring (bicyclic) bond motifs is 1. The van der Waals surface area contributed by atoms with Crippen molar-refractivity contribution >= 4 is 21.7 Å². The fourth-order valence-corrected chi connectivity index (χ4v) is 5.32. The third-order valence-corrected chi connectivity index (χ3v) is 6.48. The molecule has 2 aromatic rings. The first-order chi connectivity index (χ1) is 11.2. The highest BCUT2D eigenvalue weighted by molar-refractivity contribution is 7.93. The second-order valence-corrected chi connectivity index (χ2v) is 7.74. The maximum Gasteiger partial charge on any atom is 0.311 e. The van der Waals surface area contributed by atoms with Gasteiger partial charge in [-0.2, -0.15) is 0 Å². The zero-order chi connectivity index (χ0) is 17.6. The number of carbonyl (C=O) groups is 1. The summed E-state index contributed by atoms with van der Waals surface area (Å²) in [5.74, 6) is -1.46. The number of rotatable bonds is 3. The van der Waals surface area contributed by atoms with Crippen LogP contribution in [0.2, 0.25) is 0 Å². The van der Waals surface area contributed by atoms with E-state index in [4.69, 9.17) is 4.52 Å². The number of carboxylic acid groups (broad SMARTS) is 1. The van der Waals surface area contributed by atoms with Gasteiger partial charge in [-0.1, -0.05) is 23.4 Å². The molecule has 0 fully saturated rings. The fraction of sp³-hybridized carbons (Fsp3) is 0.375. The normalized spacial score (nSPS) is 20.7. The molecule has 2 atom stereocenters. The highest BCUT2D eigenvalue weighted by atomic mass is 32.2. The van der Waals surface area contributed by atoms with Gasteiger partial charge in [0, 0.05) is 6.04 Å². The van der Waals surface area contributed by atoms with Crippen LogP contribution in [0.15, 0.2) is 33.7 Å². The molecule has 3 rings (SSSR count). The number of carboxylic acids is 1. The van der Waals surface area contributed by atoms with Gasteiger partial charge in [-0.05, 0) is 38.8 Å². The molecule has 1 aliphatic heterocycles. The summed E-state index contributed by atoms with van der Waals surface area (Å²) in [6, 6.07) is 6.21. The Bertz CT molecular complexity index is 883. The molecule has 0 amide bonds. The van der Waals surface area contributed by atoms with Crippen molar-refractivity contribution in [3.63, 3.8) is 0 Å². The predicted molar refractivity (Wildman–Crippen MR) is 86.5 cm³/mol. The third-order valence-electron chi connectivity index (χ3n) is 4.31. The zero-order valence-electron chi connectivity index (χ0n) is 13.6. The largest absolute Gasteiger partial charge is 0.481 e. The first-order valence-electron chi connectivity index (χ1n) is 7.54. The van der Waals surface area contributed by atoms with Crippen LogP contribution < -0.4 is 4.31 Å². The smallest absolute Gasteiger partial charge is 0.311 e. The summed E-state index contributed by atoms with van der Waals surface area (Å²) in [5, 5.41) is 13.2. The minimum absolute atomic E-state index is 0.0397. The lowest BCUT2D eigenvalue weighted by atomic mass is 9.87. The Kier molecular flexibility index (Phi) is 3.87.